The highest BCUT2D eigenvalue weighted by Gasteiger charge is 2.34. The van der Waals surface area contributed by atoms with E-state index in [0.29, 0.717) is 33.3 Å². The number of benzene rings is 4. The highest BCUT2D eigenvalue weighted by Crippen LogP contribution is 2.38. The van der Waals surface area contributed by atoms with Gasteiger partial charge in [-0.15, -0.1) is 0 Å². The quantitative estimate of drug-likeness (QED) is 0.206. The van der Waals surface area contributed by atoms with Crippen molar-refractivity contribution in [3.05, 3.63) is 122 Å². The molecule has 0 aliphatic carbocycles. The smallest absolute Gasteiger partial charge is 0.272 e. The Morgan fingerprint density at radius 3 is 2.50 bits per heavy atom. The first-order valence-electron chi connectivity index (χ1n) is 11.8. The topological polar surface area (TPSA) is 93.9 Å². The van der Waals surface area contributed by atoms with Gasteiger partial charge in [0.1, 0.15) is 24.3 Å². The summed E-state index contributed by atoms with van der Waals surface area (Å²) in [6.07, 6.45) is -0.509. The summed E-state index contributed by atoms with van der Waals surface area (Å²) >= 11 is 6.11. The Hall–Kier alpha value is -4.56. The van der Waals surface area contributed by atoms with E-state index in [1.807, 2.05) is 48.5 Å². The van der Waals surface area contributed by atoms with E-state index in [1.165, 1.54) is 6.07 Å². The number of rotatable bonds is 7. The van der Waals surface area contributed by atoms with Crippen LogP contribution in [0, 0.1) is 17.0 Å². The Kier molecular flexibility index (Phi) is 6.89. The summed E-state index contributed by atoms with van der Waals surface area (Å²) in [7, 11) is 1.58. The lowest BCUT2D eigenvalue weighted by molar-refractivity contribution is -0.385. The van der Waals surface area contributed by atoms with Gasteiger partial charge in [-0.25, -0.2) is 0 Å². The molecular formula is C29H24ClN3O5. The number of carbonyl (C=O) groups excluding carboxylic acids is 1. The van der Waals surface area contributed by atoms with Gasteiger partial charge >= 0.3 is 0 Å². The van der Waals surface area contributed by atoms with E-state index in [1.54, 1.807) is 49.3 Å². The third-order valence-electron chi connectivity index (χ3n) is 6.41. The molecule has 8 nitrogen and oxygen atoms in total. The third-order valence-corrected chi connectivity index (χ3v) is 6.66. The van der Waals surface area contributed by atoms with Crippen molar-refractivity contribution in [1.29, 1.82) is 0 Å². The Morgan fingerprint density at radius 1 is 1.03 bits per heavy atom. The number of aryl methyl sites for hydroxylation is 1. The summed E-state index contributed by atoms with van der Waals surface area (Å²) in [4.78, 5) is 26.1. The average molecular weight is 530 g/mol. The number of anilines is 2. The number of ether oxygens (including phenoxy) is 2. The molecule has 1 aliphatic heterocycles. The highest BCUT2D eigenvalue weighted by atomic mass is 35.5. The van der Waals surface area contributed by atoms with Gasteiger partial charge in [0.25, 0.3) is 11.6 Å². The molecule has 1 N–H and O–H groups in total. The molecule has 0 saturated carbocycles. The molecule has 1 unspecified atom stereocenters. The van der Waals surface area contributed by atoms with Gasteiger partial charge in [-0.3, -0.25) is 19.8 Å². The number of methoxy groups -OCH3 is 1. The van der Waals surface area contributed by atoms with Crippen molar-refractivity contribution in [2.24, 2.45) is 0 Å². The number of nitro benzene ring substituents is 1. The normalized spacial score (nSPS) is 14.4. The summed E-state index contributed by atoms with van der Waals surface area (Å²) < 4.78 is 11.5. The van der Waals surface area contributed by atoms with Crippen molar-refractivity contribution < 1.29 is 19.2 Å². The summed E-state index contributed by atoms with van der Waals surface area (Å²) in [6, 6.07) is 24.8. The predicted octanol–water partition coefficient (Wildman–Crippen LogP) is 6.92. The van der Waals surface area contributed by atoms with Crippen LogP contribution in [0.25, 0.3) is 0 Å². The Morgan fingerprint density at radius 2 is 1.79 bits per heavy atom. The molecule has 192 valence electrons. The SMILES string of the molecule is COc1ccc(C2Nc3ccccc3C(=O)N2c2ccc(Cl)cc2)cc1COc1ccc([N+](=O)[O-])c(C)c1. The molecule has 0 spiro atoms. The monoisotopic (exact) mass is 529 g/mol. The zero-order valence-electron chi connectivity index (χ0n) is 20.7. The van der Waals surface area contributed by atoms with E-state index in [9.17, 15) is 14.9 Å². The lowest BCUT2D eigenvalue weighted by Crippen LogP contribution is -2.43. The first-order chi connectivity index (χ1) is 18.4. The lowest BCUT2D eigenvalue weighted by Gasteiger charge is -2.38. The van der Waals surface area contributed by atoms with Gasteiger partial charge in [0, 0.05) is 33.6 Å². The number of hydrogen-bond acceptors (Lipinski definition) is 6. The number of halogens is 1. The van der Waals surface area contributed by atoms with Crippen molar-refractivity contribution in [3.8, 4) is 11.5 Å². The first-order valence-corrected chi connectivity index (χ1v) is 12.2. The fourth-order valence-corrected chi connectivity index (χ4v) is 4.65. The van der Waals surface area contributed by atoms with Crippen molar-refractivity contribution in [2.75, 3.05) is 17.3 Å². The molecule has 4 aromatic carbocycles. The van der Waals surface area contributed by atoms with Gasteiger partial charge in [-0.05, 0) is 73.2 Å². The molecule has 1 heterocycles. The van der Waals surface area contributed by atoms with Gasteiger partial charge in [0.05, 0.1) is 17.6 Å². The maximum Gasteiger partial charge on any atom is 0.272 e. The lowest BCUT2D eigenvalue weighted by atomic mass is 10.0. The number of nitrogens with zero attached hydrogens (tertiary/aromatic N) is 2. The highest BCUT2D eigenvalue weighted by molar-refractivity contribution is 6.30. The summed E-state index contributed by atoms with van der Waals surface area (Å²) in [6.45, 7) is 1.83. The number of nitrogens with one attached hydrogen (secondary N) is 1. The summed E-state index contributed by atoms with van der Waals surface area (Å²) in [5, 5.41) is 15.2. The molecular weight excluding hydrogens is 506 g/mol. The molecule has 0 radical (unpaired) electrons. The first kappa shape index (κ1) is 25.1. The maximum absolute atomic E-state index is 13.7. The second-order valence-electron chi connectivity index (χ2n) is 8.81. The van der Waals surface area contributed by atoms with Crippen LogP contribution >= 0.6 is 11.6 Å². The minimum Gasteiger partial charge on any atom is -0.496 e. The number of carbonyl (C=O) groups is 1. The van der Waals surface area contributed by atoms with E-state index in [2.05, 4.69) is 5.32 Å². The van der Waals surface area contributed by atoms with Crippen LogP contribution in [0.3, 0.4) is 0 Å². The molecule has 38 heavy (non-hydrogen) atoms. The van der Waals surface area contributed by atoms with Crippen molar-refractivity contribution in [3.63, 3.8) is 0 Å². The zero-order chi connectivity index (χ0) is 26.8. The molecule has 0 fully saturated rings. The molecule has 1 atom stereocenters. The second kappa shape index (κ2) is 10.4. The van der Waals surface area contributed by atoms with Crippen LogP contribution in [0.2, 0.25) is 5.02 Å². The van der Waals surface area contributed by atoms with Crippen LogP contribution < -0.4 is 19.7 Å². The van der Waals surface area contributed by atoms with Crippen LogP contribution in [0.15, 0.2) is 84.9 Å². The Balaban J connectivity index is 1.50. The zero-order valence-corrected chi connectivity index (χ0v) is 21.4. The van der Waals surface area contributed by atoms with Crippen LogP contribution in [0.1, 0.15) is 33.2 Å². The molecule has 4 aromatic rings. The average Bonchev–Trinajstić information content (AvgIpc) is 2.92. The Bertz CT molecular complexity index is 1520. The molecule has 9 heteroatoms. The van der Waals surface area contributed by atoms with E-state index >= 15 is 0 Å². The molecule has 0 bridgehead atoms. The minimum atomic E-state index is -0.509. The number of para-hydroxylation sites is 1. The van der Waals surface area contributed by atoms with Crippen molar-refractivity contribution in [1.82, 2.24) is 0 Å². The summed E-state index contributed by atoms with van der Waals surface area (Å²) in [5.74, 6) is 0.984. The van der Waals surface area contributed by atoms with E-state index in [4.69, 9.17) is 21.1 Å². The van der Waals surface area contributed by atoms with Gasteiger partial charge in [0.2, 0.25) is 0 Å². The molecule has 1 amide bonds. The van der Waals surface area contributed by atoms with Gasteiger partial charge in [-0.2, -0.15) is 0 Å². The van der Waals surface area contributed by atoms with Crippen molar-refractivity contribution >= 4 is 34.6 Å². The van der Waals surface area contributed by atoms with Gasteiger partial charge in [0.15, 0.2) is 0 Å². The van der Waals surface area contributed by atoms with Crippen LogP contribution in [0.5, 0.6) is 11.5 Å². The number of fused-ring (bicyclic) bond motifs is 1. The third kappa shape index (κ3) is 4.86. The largest absolute Gasteiger partial charge is 0.496 e. The summed E-state index contributed by atoms with van der Waals surface area (Å²) in [5.41, 5.74) is 4.13. The minimum absolute atomic E-state index is 0.0348. The Labute approximate surface area is 224 Å². The van der Waals surface area contributed by atoms with Gasteiger partial charge in [-0.1, -0.05) is 29.8 Å². The van der Waals surface area contributed by atoms with E-state index in [-0.39, 0.29) is 18.2 Å². The van der Waals surface area contributed by atoms with E-state index in [0.717, 1.165) is 16.8 Å². The van der Waals surface area contributed by atoms with Crippen LogP contribution in [0.4, 0.5) is 17.1 Å². The molecule has 0 saturated heterocycles. The number of hydrogen-bond donors (Lipinski definition) is 1. The maximum atomic E-state index is 13.7. The second-order valence-corrected chi connectivity index (χ2v) is 9.25. The molecule has 1 aliphatic rings. The number of amides is 1. The molecule has 0 aromatic heterocycles. The van der Waals surface area contributed by atoms with Crippen LogP contribution in [-0.4, -0.2) is 17.9 Å². The van der Waals surface area contributed by atoms with E-state index < -0.39 is 11.1 Å². The van der Waals surface area contributed by atoms with Crippen molar-refractivity contribution in [2.45, 2.75) is 19.7 Å². The molecule has 5 rings (SSSR count). The fourth-order valence-electron chi connectivity index (χ4n) is 4.52. The predicted molar refractivity (Wildman–Crippen MR) is 146 cm³/mol. The number of nitro groups is 1. The fraction of sp³-hybridized carbons (Fsp3) is 0.138. The van der Waals surface area contributed by atoms with Gasteiger partial charge < -0.3 is 14.8 Å². The standard InChI is InChI=1S/C29H24ClN3O5/c1-18-15-23(12-13-26(18)33(35)36)38-17-20-16-19(7-14-27(20)37-2)28-31-25-6-4-3-5-24(25)29(34)32(28)22-10-8-21(30)9-11-22/h3-16,28,31H,17H2,1-2H3. The van der Waals surface area contributed by atoms with Crippen LogP contribution in [-0.2, 0) is 6.61 Å².